The van der Waals surface area contributed by atoms with Crippen molar-refractivity contribution < 1.29 is 13.2 Å². The second-order valence-corrected chi connectivity index (χ2v) is 9.97. The lowest BCUT2D eigenvalue weighted by atomic mass is 9.73. The first-order chi connectivity index (χ1) is 16.0. The van der Waals surface area contributed by atoms with E-state index in [0.29, 0.717) is 35.1 Å². The summed E-state index contributed by atoms with van der Waals surface area (Å²) < 4.78 is 45.6. The Hall–Kier alpha value is -2.55. The molecule has 0 heterocycles. The maximum absolute atomic E-state index is 15.5. The predicted molar refractivity (Wildman–Crippen MR) is 129 cm³/mol. The van der Waals surface area contributed by atoms with Crippen LogP contribution in [0.4, 0.5) is 13.2 Å². The molecule has 0 nitrogen and oxygen atoms in total. The largest absolute Gasteiger partial charge is 0.206 e. The van der Waals surface area contributed by atoms with Crippen LogP contribution in [0.25, 0.3) is 22.3 Å². The minimum Gasteiger partial charge on any atom is -0.206 e. The van der Waals surface area contributed by atoms with Crippen molar-refractivity contribution in [2.45, 2.75) is 71.1 Å². The molecule has 5 rings (SSSR count). The Balaban J connectivity index is 1.38. The summed E-state index contributed by atoms with van der Waals surface area (Å²) in [5.74, 6) is -1.16. The third-order valence-electron chi connectivity index (χ3n) is 7.78. The molecule has 0 aromatic heterocycles. The molecule has 172 valence electrons. The summed E-state index contributed by atoms with van der Waals surface area (Å²) in [4.78, 5) is 0. The number of rotatable bonds is 6. The molecule has 0 aliphatic heterocycles. The van der Waals surface area contributed by atoms with Gasteiger partial charge in [0.15, 0.2) is 11.6 Å². The minimum atomic E-state index is -0.901. The van der Waals surface area contributed by atoms with Crippen molar-refractivity contribution in [2.75, 3.05) is 0 Å². The molecule has 3 heteroatoms. The monoisotopic (exact) mass is 448 g/mol. The Morgan fingerprint density at radius 1 is 0.758 bits per heavy atom. The SMILES string of the molecule is CCCC1CCC(c2ccc3c(c2F)-c2c-3cc(CCc3ccc(C)cc3)c(F)c2F)CC1. The van der Waals surface area contributed by atoms with Crippen LogP contribution < -0.4 is 0 Å². The lowest BCUT2D eigenvalue weighted by Gasteiger charge is -2.32. The van der Waals surface area contributed by atoms with E-state index in [1.165, 1.54) is 18.4 Å². The van der Waals surface area contributed by atoms with Gasteiger partial charge in [-0.1, -0.05) is 61.7 Å². The van der Waals surface area contributed by atoms with Crippen LogP contribution >= 0.6 is 0 Å². The third-order valence-corrected chi connectivity index (χ3v) is 7.78. The number of hydrogen-bond donors (Lipinski definition) is 0. The highest BCUT2D eigenvalue weighted by Gasteiger charge is 2.35. The van der Waals surface area contributed by atoms with Crippen LogP contribution in [0.2, 0.25) is 0 Å². The number of aryl methyl sites for hydroxylation is 3. The lowest BCUT2D eigenvalue weighted by Crippen LogP contribution is -2.16. The Labute approximate surface area is 194 Å². The molecule has 0 spiro atoms. The van der Waals surface area contributed by atoms with Gasteiger partial charge in [-0.3, -0.25) is 0 Å². The van der Waals surface area contributed by atoms with Crippen LogP contribution in [0, 0.1) is 30.3 Å². The molecule has 2 aliphatic rings. The molecule has 0 atom stereocenters. The summed E-state index contributed by atoms with van der Waals surface area (Å²) in [5.41, 5.74) is 5.05. The molecular formula is C30H31F3. The van der Waals surface area contributed by atoms with E-state index in [-0.39, 0.29) is 22.9 Å². The fourth-order valence-corrected chi connectivity index (χ4v) is 5.84. The van der Waals surface area contributed by atoms with Gasteiger partial charge in [0.25, 0.3) is 0 Å². The van der Waals surface area contributed by atoms with E-state index in [1.807, 2.05) is 43.3 Å². The third kappa shape index (κ3) is 4.00. The van der Waals surface area contributed by atoms with Crippen molar-refractivity contribution in [1.29, 1.82) is 0 Å². The molecule has 1 fully saturated rings. The highest BCUT2D eigenvalue weighted by molar-refractivity contribution is 6.03. The predicted octanol–water partition coefficient (Wildman–Crippen LogP) is 8.92. The fourth-order valence-electron chi connectivity index (χ4n) is 5.84. The zero-order chi connectivity index (χ0) is 23.1. The molecule has 0 bridgehead atoms. The van der Waals surface area contributed by atoms with Crippen LogP contribution in [0.5, 0.6) is 0 Å². The summed E-state index contributed by atoms with van der Waals surface area (Å²) >= 11 is 0. The van der Waals surface area contributed by atoms with Gasteiger partial charge in [0.05, 0.1) is 0 Å². The quantitative estimate of drug-likeness (QED) is 0.276. The van der Waals surface area contributed by atoms with Crippen LogP contribution in [-0.4, -0.2) is 0 Å². The standard InChI is InChI=1S/C30H31F3/c1-3-4-19-9-12-21(13-10-19)23-15-16-24-25-17-22(14-11-20-7-5-18(2)6-8-20)28(31)30(33)27(25)26(24)29(23)32/h5-8,15-17,19,21H,3-4,9-14H2,1-2H3. The maximum atomic E-state index is 15.5. The number of halogens is 3. The molecular weight excluding hydrogens is 417 g/mol. The molecule has 2 aliphatic carbocycles. The van der Waals surface area contributed by atoms with Crippen molar-refractivity contribution in [3.05, 3.63) is 82.2 Å². The number of fused-ring (bicyclic) bond motifs is 4. The molecule has 3 aromatic rings. The molecule has 0 radical (unpaired) electrons. The van der Waals surface area contributed by atoms with Crippen molar-refractivity contribution in [1.82, 2.24) is 0 Å². The van der Waals surface area contributed by atoms with E-state index >= 15 is 8.78 Å². The number of benzene rings is 3. The molecule has 0 amide bonds. The molecule has 0 N–H and O–H groups in total. The smallest absolute Gasteiger partial charge is 0.167 e. The van der Waals surface area contributed by atoms with E-state index < -0.39 is 11.6 Å². The van der Waals surface area contributed by atoms with Gasteiger partial charge in [0, 0.05) is 11.1 Å². The summed E-state index contributed by atoms with van der Waals surface area (Å²) in [6.45, 7) is 4.23. The first-order valence-corrected chi connectivity index (χ1v) is 12.4. The summed E-state index contributed by atoms with van der Waals surface area (Å²) in [7, 11) is 0. The Morgan fingerprint density at radius 3 is 2.15 bits per heavy atom. The van der Waals surface area contributed by atoms with Crippen molar-refractivity contribution >= 4 is 0 Å². The highest BCUT2D eigenvalue weighted by Crippen LogP contribution is 2.53. The Morgan fingerprint density at radius 2 is 1.45 bits per heavy atom. The van der Waals surface area contributed by atoms with Crippen LogP contribution in [0.3, 0.4) is 0 Å². The van der Waals surface area contributed by atoms with Gasteiger partial charge in [-0.15, -0.1) is 0 Å². The first kappa shape index (κ1) is 22.3. The topological polar surface area (TPSA) is 0 Å². The molecule has 3 aromatic carbocycles. The van der Waals surface area contributed by atoms with Gasteiger partial charge < -0.3 is 0 Å². The fraction of sp³-hybridized carbons (Fsp3) is 0.400. The highest BCUT2D eigenvalue weighted by atomic mass is 19.2. The first-order valence-electron chi connectivity index (χ1n) is 12.4. The molecule has 0 saturated heterocycles. The van der Waals surface area contributed by atoms with E-state index in [0.717, 1.165) is 37.2 Å². The van der Waals surface area contributed by atoms with Gasteiger partial charge >= 0.3 is 0 Å². The second-order valence-electron chi connectivity index (χ2n) is 9.97. The van der Waals surface area contributed by atoms with Gasteiger partial charge in [-0.2, -0.15) is 0 Å². The van der Waals surface area contributed by atoms with Crippen LogP contribution in [0.1, 0.15) is 73.6 Å². The van der Waals surface area contributed by atoms with Gasteiger partial charge in [0.2, 0.25) is 0 Å². The normalized spacial score (nSPS) is 19.1. The van der Waals surface area contributed by atoms with E-state index in [9.17, 15) is 4.39 Å². The zero-order valence-corrected chi connectivity index (χ0v) is 19.5. The second kappa shape index (κ2) is 9.00. The Kier molecular flexibility index (Phi) is 6.07. The Bertz CT molecular complexity index is 1170. The van der Waals surface area contributed by atoms with Crippen molar-refractivity contribution in [3.8, 4) is 22.3 Å². The van der Waals surface area contributed by atoms with Crippen molar-refractivity contribution in [2.24, 2.45) is 5.92 Å². The molecule has 0 unspecified atom stereocenters. The summed E-state index contributed by atoms with van der Waals surface area (Å²) in [6.07, 6.45) is 7.68. The van der Waals surface area contributed by atoms with Crippen LogP contribution in [0.15, 0.2) is 42.5 Å². The molecule has 33 heavy (non-hydrogen) atoms. The van der Waals surface area contributed by atoms with E-state index in [1.54, 1.807) is 6.07 Å². The zero-order valence-electron chi connectivity index (χ0n) is 19.5. The number of hydrogen-bond acceptors (Lipinski definition) is 0. The lowest BCUT2D eigenvalue weighted by molar-refractivity contribution is 0.304. The van der Waals surface area contributed by atoms with Gasteiger partial charge in [-0.05, 0) is 91.2 Å². The van der Waals surface area contributed by atoms with Crippen molar-refractivity contribution in [3.63, 3.8) is 0 Å². The average Bonchev–Trinajstić information content (AvgIpc) is 2.81. The molecule has 1 saturated carbocycles. The average molecular weight is 449 g/mol. The van der Waals surface area contributed by atoms with Gasteiger partial charge in [0.1, 0.15) is 5.82 Å². The van der Waals surface area contributed by atoms with E-state index in [2.05, 4.69) is 6.92 Å². The maximum Gasteiger partial charge on any atom is 0.167 e. The van der Waals surface area contributed by atoms with Gasteiger partial charge in [-0.25, -0.2) is 13.2 Å². The summed E-state index contributed by atoms with van der Waals surface area (Å²) in [5, 5.41) is 0. The van der Waals surface area contributed by atoms with E-state index in [4.69, 9.17) is 0 Å². The minimum absolute atomic E-state index is 0.126. The summed E-state index contributed by atoms with van der Waals surface area (Å²) in [6, 6.07) is 13.6. The van der Waals surface area contributed by atoms with Crippen LogP contribution in [-0.2, 0) is 12.8 Å².